The van der Waals surface area contributed by atoms with Crippen LogP contribution in [0, 0.1) is 0 Å². The standard InChI is InChI=1S/C12H11Br2N3O/c1-2-4-8-9(14)12(18)17-11(16-8)10-7(13)5-3-6-15-10/h3,5-6H,2,4H2,1H3,(H,16,17,18). The van der Waals surface area contributed by atoms with Crippen LogP contribution in [0.25, 0.3) is 11.5 Å². The maximum Gasteiger partial charge on any atom is 0.265 e. The number of aromatic nitrogens is 3. The molecule has 0 bridgehead atoms. The van der Waals surface area contributed by atoms with E-state index in [4.69, 9.17) is 0 Å². The van der Waals surface area contributed by atoms with Crippen molar-refractivity contribution in [2.45, 2.75) is 19.8 Å². The molecule has 0 aromatic carbocycles. The van der Waals surface area contributed by atoms with Crippen molar-refractivity contribution in [3.8, 4) is 11.5 Å². The molecule has 0 aliphatic rings. The number of rotatable bonds is 3. The van der Waals surface area contributed by atoms with Crippen molar-refractivity contribution in [3.05, 3.63) is 43.3 Å². The number of hydrogen-bond donors (Lipinski definition) is 1. The number of hydrogen-bond acceptors (Lipinski definition) is 3. The molecule has 1 N–H and O–H groups in total. The lowest BCUT2D eigenvalue weighted by molar-refractivity contribution is 0.859. The van der Waals surface area contributed by atoms with Crippen molar-refractivity contribution in [3.63, 3.8) is 0 Å². The maximum absolute atomic E-state index is 11.8. The largest absolute Gasteiger partial charge is 0.304 e. The predicted octanol–water partition coefficient (Wildman–Crippen LogP) is 3.31. The number of nitrogens with one attached hydrogen (secondary N) is 1. The summed E-state index contributed by atoms with van der Waals surface area (Å²) in [5.41, 5.74) is 1.22. The Morgan fingerprint density at radius 3 is 2.83 bits per heavy atom. The van der Waals surface area contributed by atoms with Gasteiger partial charge in [-0.2, -0.15) is 0 Å². The summed E-state index contributed by atoms with van der Waals surface area (Å²) in [6.45, 7) is 2.05. The number of aryl methyl sites for hydroxylation is 1. The van der Waals surface area contributed by atoms with Gasteiger partial charge in [0.15, 0.2) is 5.82 Å². The lowest BCUT2D eigenvalue weighted by Crippen LogP contribution is -2.14. The van der Waals surface area contributed by atoms with Crippen LogP contribution in [-0.4, -0.2) is 15.0 Å². The quantitative estimate of drug-likeness (QED) is 0.899. The van der Waals surface area contributed by atoms with Gasteiger partial charge in [0.2, 0.25) is 0 Å². The van der Waals surface area contributed by atoms with E-state index in [9.17, 15) is 4.79 Å². The molecule has 0 amide bonds. The van der Waals surface area contributed by atoms with Gasteiger partial charge >= 0.3 is 0 Å². The van der Waals surface area contributed by atoms with Crippen LogP contribution in [0.15, 0.2) is 32.1 Å². The minimum Gasteiger partial charge on any atom is -0.304 e. The molecule has 0 saturated carbocycles. The minimum absolute atomic E-state index is 0.180. The second kappa shape index (κ2) is 5.75. The number of H-pyrrole nitrogens is 1. The van der Waals surface area contributed by atoms with Crippen molar-refractivity contribution in [1.82, 2.24) is 15.0 Å². The third-order valence-electron chi connectivity index (χ3n) is 2.40. The molecule has 0 unspecified atom stereocenters. The first-order valence-electron chi connectivity index (χ1n) is 5.53. The number of nitrogens with zero attached hydrogens (tertiary/aromatic N) is 2. The Bertz CT molecular complexity index is 625. The Kier molecular flexibility index (Phi) is 4.29. The summed E-state index contributed by atoms with van der Waals surface area (Å²) >= 11 is 6.67. The van der Waals surface area contributed by atoms with E-state index in [1.807, 2.05) is 19.1 Å². The van der Waals surface area contributed by atoms with Crippen LogP contribution >= 0.6 is 31.9 Å². The summed E-state index contributed by atoms with van der Waals surface area (Å²) in [6.07, 6.45) is 3.35. The topological polar surface area (TPSA) is 58.6 Å². The lowest BCUT2D eigenvalue weighted by Gasteiger charge is -2.06. The number of aromatic amines is 1. The average molecular weight is 373 g/mol. The molecule has 18 heavy (non-hydrogen) atoms. The fraction of sp³-hybridized carbons (Fsp3) is 0.250. The summed E-state index contributed by atoms with van der Waals surface area (Å²) < 4.78 is 1.30. The van der Waals surface area contributed by atoms with E-state index in [0.29, 0.717) is 16.0 Å². The van der Waals surface area contributed by atoms with Gasteiger partial charge in [0.05, 0.1) is 5.69 Å². The van der Waals surface area contributed by atoms with Gasteiger partial charge in [-0.25, -0.2) is 4.98 Å². The first-order valence-corrected chi connectivity index (χ1v) is 7.11. The fourth-order valence-electron chi connectivity index (χ4n) is 1.58. The smallest absolute Gasteiger partial charge is 0.265 e. The Labute approximate surface area is 121 Å². The van der Waals surface area contributed by atoms with Gasteiger partial charge in [-0.05, 0) is 50.4 Å². The Hall–Kier alpha value is -1.01. The average Bonchev–Trinajstić information content (AvgIpc) is 2.35. The van der Waals surface area contributed by atoms with Crippen molar-refractivity contribution in [2.75, 3.05) is 0 Å². The van der Waals surface area contributed by atoms with Gasteiger partial charge in [0.25, 0.3) is 5.56 Å². The van der Waals surface area contributed by atoms with Crippen molar-refractivity contribution < 1.29 is 0 Å². The van der Waals surface area contributed by atoms with Crippen molar-refractivity contribution in [1.29, 1.82) is 0 Å². The zero-order valence-corrected chi connectivity index (χ0v) is 12.9. The molecule has 6 heteroatoms. The minimum atomic E-state index is -0.180. The third-order valence-corrected chi connectivity index (χ3v) is 3.86. The van der Waals surface area contributed by atoms with Gasteiger partial charge in [-0.1, -0.05) is 13.3 Å². The summed E-state index contributed by atoms with van der Waals surface area (Å²) in [7, 11) is 0. The first kappa shape index (κ1) is 13.4. The van der Waals surface area contributed by atoms with E-state index in [-0.39, 0.29) is 5.56 Å². The van der Waals surface area contributed by atoms with E-state index in [1.165, 1.54) is 0 Å². The molecule has 2 aromatic rings. The summed E-state index contributed by atoms with van der Waals surface area (Å²) in [6, 6.07) is 3.68. The van der Waals surface area contributed by atoms with E-state index >= 15 is 0 Å². The highest BCUT2D eigenvalue weighted by atomic mass is 79.9. The van der Waals surface area contributed by atoms with Crippen LogP contribution in [0.2, 0.25) is 0 Å². The van der Waals surface area contributed by atoms with Crippen LogP contribution in [0.5, 0.6) is 0 Å². The molecule has 0 radical (unpaired) electrons. The van der Waals surface area contributed by atoms with E-state index in [2.05, 4.69) is 46.8 Å². The lowest BCUT2D eigenvalue weighted by atomic mass is 10.2. The fourth-order valence-corrected chi connectivity index (χ4v) is 2.41. The first-order chi connectivity index (χ1) is 8.63. The van der Waals surface area contributed by atoms with Crippen LogP contribution < -0.4 is 5.56 Å². The molecule has 94 valence electrons. The molecule has 2 aromatic heterocycles. The van der Waals surface area contributed by atoms with E-state index < -0.39 is 0 Å². The molecule has 0 aliphatic carbocycles. The molecule has 0 atom stereocenters. The van der Waals surface area contributed by atoms with Crippen LogP contribution in [-0.2, 0) is 6.42 Å². The molecule has 0 saturated heterocycles. The molecular weight excluding hydrogens is 362 g/mol. The summed E-state index contributed by atoms with van der Waals surface area (Å²) in [5, 5.41) is 0. The maximum atomic E-state index is 11.8. The van der Waals surface area contributed by atoms with Gasteiger partial charge in [-0.3, -0.25) is 9.78 Å². The highest BCUT2D eigenvalue weighted by Crippen LogP contribution is 2.23. The zero-order chi connectivity index (χ0) is 13.1. The highest BCUT2D eigenvalue weighted by Gasteiger charge is 2.12. The second-order valence-electron chi connectivity index (χ2n) is 3.76. The zero-order valence-electron chi connectivity index (χ0n) is 9.70. The van der Waals surface area contributed by atoms with Crippen molar-refractivity contribution >= 4 is 31.9 Å². The van der Waals surface area contributed by atoms with Gasteiger partial charge < -0.3 is 4.98 Å². The van der Waals surface area contributed by atoms with Crippen LogP contribution in [0.4, 0.5) is 0 Å². The Balaban J connectivity index is 2.59. The summed E-state index contributed by atoms with van der Waals surface area (Å²) in [4.78, 5) is 23.2. The summed E-state index contributed by atoms with van der Waals surface area (Å²) in [5.74, 6) is 0.485. The van der Waals surface area contributed by atoms with Gasteiger partial charge in [0, 0.05) is 10.7 Å². The molecular formula is C12H11Br2N3O. The molecule has 4 nitrogen and oxygen atoms in total. The van der Waals surface area contributed by atoms with Crippen LogP contribution in [0.3, 0.4) is 0 Å². The molecule has 2 rings (SSSR count). The van der Waals surface area contributed by atoms with E-state index in [0.717, 1.165) is 23.0 Å². The second-order valence-corrected chi connectivity index (χ2v) is 5.41. The highest BCUT2D eigenvalue weighted by molar-refractivity contribution is 9.10. The van der Waals surface area contributed by atoms with Gasteiger partial charge in [-0.15, -0.1) is 0 Å². The SMILES string of the molecule is CCCc1nc(-c2ncccc2Br)[nH]c(=O)c1Br. The molecule has 0 spiro atoms. The van der Waals surface area contributed by atoms with Crippen LogP contribution in [0.1, 0.15) is 19.0 Å². The van der Waals surface area contributed by atoms with E-state index in [1.54, 1.807) is 6.20 Å². The van der Waals surface area contributed by atoms with Gasteiger partial charge in [0.1, 0.15) is 10.2 Å². The molecule has 2 heterocycles. The number of pyridine rings is 1. The Morgan fingerprint density at radius 1 is 1.39 bits per heavy atom. The third kappa shape index (κ3) is 2.70. The predicted molar refractivity (Wildman–Crippen MR) is 77.5 cm³/mol. The monoisotopic (exact) mass is 371 g/mol. The molecule has 0 aliphatic heterocycles. The number of halogens is 2. The molecule has 0 fully saturated rings. The van der Waals surface area contributed by atoms with Crippen molar-refractivity contribution in [2.24, 2.45) is 0 Å². The normalized spacial score (nSPS) is 10.6. The Morgan fingerprint density at radius 2 is 2.17 bits per heavy atom.